The zero-order chi connectivity index (χ0) is 9.84. The summed E-state index contributed by atoms with van der Waals surface area (Å²) >= 11 is 4.57. The quantitative estimate of drug-likeness (QED) is 0.662. The van der Waals surface area contributed by atoms with Crippen LogP contribution in [0.3, 0.4) is 0 Å². The summed E-state index contributed by atoms with van der Waals surface area (Å²) in [5.41, 5.74) is 0.506. The first kappa shape index (κ1) is 10.5. The van der Waals surface area contributed by atoms with E-state index in [0.717, 1.165) is 0 Å². The minimum absolute atomic E-state index is 0.0866. The van der Waals surface area contributed by atoms with E-state index < -0.39 is 5.97 Å². The van der Waals surface area contributed by atoms with Crippen molar-refractivity contribution in [1.29, 1.82) is 0 Å². The molecule has 0 aliphatic carbocycles. The Balaban J connectivity index is 2.96. The van der Waals surface area contributed by atoms with E-state index in [1.54, 1.807) is 6.20 Å². The van der Waals surface area contributed by atoms with Crippen LogP contribution in [0.2, 0.25) is 0 Å². The van der Waals surface area contributed by atoms with Gasteiger partial charge in [0.2, 0.25) is 0 Å². The summed E-state index contributed by atoms with van der Waals surface area (Å²) in [4.78, 5) is 18.5. The molecule has 1 aromatic heterocycles. The molecule has 0 saturated carbocycles. The average molecular weight is 263 g/mol. The molecule has 0 aliphatic rings. The van der Waals surface area contributed by atoms with Crippen LogP contribution < -0.4 is 0 Å². The lowest BCUT2D eigenvalue weighted by Crippen LogP contribution is -2.04. The smallest absolute Gasteiger partial charge is 0.309 e. The SMILES string of the molecule is CSc1ncc(Br)c(CC(=O)O)n1. The van der Waals surface area contributed by atoms with Crippen molar-refractivity contribution in [2.45, 2.75) is 11.6 Å². The van der Waals surface area contributed by atoms with E-state index in [9.17, 15) is 4.79 Å². The molecule has 13 heavy (non-hydrogen) atoms. The molecular formula is C7H7BrN2O2S. The molecule has 0 saturated heterocycles. The van der Waals surface area contributed by atoms with Crippen molar-refractivity contribution >= 4 is 33.7 Å². The Morgan fingerprint density at radius 3 is 3.00 bits per heavy atom. The predicted molar refractivity (Wildman–Crippen MR) is 52.9 cm³/mol. The highest BCUT2D eigenvalue weighted by Crippen LogP contribution is 2.17. The van der Waals surface area contributed by atoms with Crippen molar-refractivity contribution in [3.05, 3.63) is 16.4 Å². The van der Waals surface area contributed by atoms with Crippen LogP contribution in [-0.4, -0.2) is 27.3 Å². The number of carboxylic acids is 1. The van der Waals surface area contributed by atoms with Crippen molar-refractivity contribution in [1.82, 2.24) is 9.97 Å². The largest absolute Gasteiger partial charge is 0.481 e. The number of carbonyl (C=O) groups is 1. The Morgan fingerprint density at radius 2 is 2.46 bits per heavy atom. The molecule has 0 spiro atoms. The van der Waals surface area contributed by atoms with Gasteiger partial charge in [-0.25, -0.2) is 9.97 Å². The van der Waals surface area contributed by atoms with Crippen LogP contribution in [-0.2, 0) is 11.2 Å². The fourth-order valence-electron chi connectivity index (χ4n) is 0.750. The molecule has 70 valence electrons. The molecule has 0 bridgehead atoms. The first-order valence-corrected chi connectivity index (χ1v) is 5.42. The van der Waals surface area contributed by atoms with Crippen LogP contribution in [0.15, 0.2) is 15.8 Å². The van der Waals surface area contributed by atoms with Crippen molar-refractivity contribution < 1.29 is 9.90 Å². The van der Waals surface area contributed by atoms with Crippen LogP contribution in [0.5, 0.6) is 0 Å². The van der Waals surface area contributed by atoms with E-state index >= 15 is 0 Å². The van der Waals surface area contributed by atoms with Crippen LogP contribution in [0, 0.1) is 0 Å². The molecule has 1 heterocycles. The number of hydrogen-bond acceptors (Lipinski definition) is 4. The molecule has 1 rings (SSSR count). The number of carboxylic acid groups (broad SMARTS) is 1. The highest BCUT2D eigenvalue weighted by molar-refractivity contribution is 9.10. The number of aromatic nitrogens is 2. The minimum Gasteiger partial charge on any atom is -0.481 e. The number of halogens is 1. The third-order valence-corrected chi connectivity index (χ3v) is 2.52. The normalized spacial score (nSPS) is 10.0. The third-order valence-electron chi connectivity index (χ3n) is 1.30. The summed E-state index contributed by atoms with van der Waals surface area (Å²) in [6.45, 7) is 0. The Morgan fingerprint density at radius 1 is 1.77 bits per heavy atom. The van der Waals surface area contributed by atoms with Gasteiger partial charge in [0.15, 0.2) is 5.16 Å². The Labute approximate surface area is 87.9 Å². The molecule has 6 heteroatoms. The first-order chi connectivity index (χ1) is 6.13. The van der Waals surface area contributed by atoms with E-state index in [1.807, 2.05) is 6.26 Å². The summed E-state index contributed by atoms with van der Waals surface area (Å²) in [6.07, 6.45) is 3.32. The fourth-order valence-corrected chi connectivity index (χ4v) is 1.44. The highest BCUT2D eigenvalue weighted by atomic mass is 79.9. The van der Waals surface area contributed by atoms with E-state index in [4.69, 9.17) is 5.11 Å². The molecule has 0 atom stereocenters. The fraction of sp³-hybridized carbons (Fsp3) is 0.286. The maximum absolute atomic E-state index is 10.4. The Kier molecular flexibility index (Phi) is 3.68. The highest BCUT2D eigenvalue weighted by Gasteiger charge is 2.08. The van der Waals surface area contributed by atoms with Crippen LogP contribution in [0.1, 0.15) is 5.69 Å². The average Bonchev–Trinajstić information content (AvgIpc) is 2.08. The molecular weight excluding hydrogens is 256 g/mol. The van der Waals surface area contributed by atoms with Gasteiger partial charge < -0.3 is 5.11 Å². The lowest BCUT2D eigenvalue weighted by atomic mass is 10.3. The maximum Gasteiger partial charge on any atom is 0.309 e. The van der Waals surface area contributed by atoms with E-state index in [2.05, 4.69) is 25.9 Å². The molecule has 0 amide bonds. The summed E-state index contributed by atoms with van der Waals surface area (Å²) < 4.78 is 0.632. The number of rotatable bonds is 3. The van der Waals surface area contributed by atoms with Crippen LogP contribution in [0.4, 0.5) is 0 Å². The zero-order valence-electron chi connectivity index (χ0n) is 6.82. The first-order valence-electron chi connectivity index (χ1n) is 3.40. The molecule has 0 aliphatic heterocycles. The number of thioether (sulfide) groups is 1. The van der Waals surface area contributed by atoms with Crippen LogP contribution >= 0.6 is 27.7 Å². The minimum atomic E-state index is -0.897. The Hall–Kier alpha value is -0.620. The summed E-state index contributed by atoms with van der Waals surface area (Å²) in [5, 5.41) is 9.15. The van der Waals surface area contributed by atoms with Gasteiger partial charge in [0.05, 0.1) is 16.6 Å². The van der Waals surface area contributed by atoms with Gasteiger partial charge in [0, 0.05) is 6.20 Å². The second kappa shape index (κ2) is 4.57. The topological polar surface area (TPSA) is 63.1 Å². The predicted octanol–water partition coefficient (Wildman–Crippen LogP) is 1.59. The lowest BCUT2D eigenvalue weighted by molar-refractivity contribution is -0.136. The van der Waals surface area contributed by atoms with Gasteiger partial charge in [-0.1, -0.05) is 11.8 Å². The van der Waals surface area contributed by atoms with Crippen molar-refractivity contribution in [2.24, 2.45) is 0 Å². The summed E-state index contributed by atoms with van der Waals surface area (Å²) in [5.74, 6) is -0.897. The van der Waals surface area contributed by atoms with Gasteiger partial charge in [-0.2, -0.15) is 0 Å². The van der Waals surface area contributed by atoms with E-state index in [1.165, 1.54) is 11.8 Å². The lowest BCUT2D eigenvalue weighted by Gasteiger charge is -2.01. The molecule has 1 N–H and O–H groups in total. The number of aliphatic carboxylic acids is 1. The second-order valence-electron chi connectivity index (χ2n) is 2.22. The number of hydrogen-bond donors (Lipinski definition) is 1. The van der Waals surface area contributed by atoms with Crippen molar-refractivity contribution in [3.8, 4) is 0 Å². The summed E-state index contributed by atoms with van der Waals surface area (Å²) in [7, 11) is 0. The van der Waals surface area contributed by atoms with Gasteiger partial charge in [-0.05, 0) is 22.2 Å². The standard InChI is InChI=1S/C7H7BrN2O2S/c1-13-7-9-3-4(8)5(10-7)2-6(11)12/h3H,2H2,1H3,(H,11,12). The van der Waals surface area contributed by atoms with E-state index in [-0.39, 0.29) is 6.42 Å². The zero-order valence-corrected chi connectivity index (χ0v) is 9.22. The molecule has 1 aromatic rings. The van der Waals surface area contributed by atoms with Gasteiger partial charge in [-0.15, -0.1) is 0 Å². The summed E-state index contributed by atoms with van der Waals surface area (Å²) in [6, 6.07) is 0. The van der Waals surface area contributed by atoms with E-state index in [0.29, 0.717) is 15.3 Å². The van der Waals surface area contributed by atoms with Gasteiger partial charge >= 0.3 is 5.97 Å². The van der Waals surface area contributed by atoms with Crippen molar-refractivity contribution in [2.75, 3.05) is 6.26 Å². The van der Waals surface area contributed by atoms with Crippen LogP contribution in [0.25, 0.3) is 0 Å². The van der Waals surface area contributed by atoms with Gasteiger partial charge in [0.1, 0.15) is 0 Å². The molecule has 0 unspecified atom stereocenters. The monoisotopic (exact) mass is 262 g/mol. The Bertz CT molecular complexity index is 332. The van der Waals surface area contributed by atoms with Gasteiger partial charge in [-0.3, -0.25) is 4.79 Å². The third kappa shape index (κ3) is 2.96. The molecule has 0 fully saturated rings. The maximum atomic E-state index is 10.4. The molecule has 4 nitrogen and oxygen atoms in total. The second-order valence-corrected chi connectivity index (χ2v) is 3.85. The van der Waals surface area contributed by atoms with Gasteiger partial charge in [0.25, 0.3) is 0 Å². The molecule has 0 radical (unpaired) electrons. The molecule has 0 aromatic carbocycles. The number of nitrogens with zero attached hydrogens (tertiary/aromatic N) is 2. The van der Waals surface area contributed by atoms with Crippen molar-refractivity contribution in [3.63, 3.8) is 0 Å².